The molecule has 0 bridgehead atoms. The highest BCUT2D eigenvalue weighted by Crippen LogP contribution is 2.24. The van der Waals surface area contributed by atoms with Crippen LogP contribution in [0, 0.1) is 0 Å². The van der Waals surface area contributed by atoms with Crippen LogP contribution in [-0.2, 0) is 0 Å². The van der Waals surface area contributed by atoms with Gasteiger partial charge in [0.05, 0.1) is 12.3 Å². The van der Waals surface area contributed by atoms with E-state index >= 15 is 0 Å². The Balaban J connectivity index is 1.98. The van der Waals surface area contributed by atoms with Gasteiger partial charge in [0, 0.05) is 32.0 Å². The highest BCUT2D eigenvalue weighted by molar-refractivity contribution is 5.67. The number of aliphatic hydroxyl groups is 1. The molecule has 0 aliphatic carbocycles. The van der Waals surface area contributed by atoms with Crippen molar-refractivity contribution in [2.75, 3.05) is 29.9 Å². The molecule has 102 valence electrons. The van der Waals surface area contributed by atoms with Crippen molar-refractivity contribution < 1.29 is 5.11 Å². The predicted molar refractivity (Wildman–Crippen MR) is 74.6 cm³/mol. The summed E-state index contributed by atoms with van der Waals surface area (Å²) in [5.74, 6) is 1.75. The quantitative estimate of drug-likeness (QED) is 0.867. The van der Waals surface area contributed by atoms with Crippen LogP contribution in [0.25, 0.3) is 5.65 Å². The van der Waals surface area contributed by atoms with Crippen LogP contribution in [0.1, 0.15) is 19.8 Å². The Morgan fingerprint density at radius 2 is 2.21 bits per heavy atom. The average molecular weight is 261 g/mol. The number of imidazole rings is 1. The maximum Gasteiger partial charge on any atom is 0.180 e. The van der Waals surface area contributed by atoms with Crippen LogP contribution < -0.4 is 10.2 Å². The largest absolute Gasteiger partial charge is 0.393 e. The third-order valence-corrected chi connectivity index (χ3v) is 3.48. The molecule has 1 saturated heterocycles. The van der Waals surface area contributed by atoms with E-state index in [0.29, 0.717) is 0 Å². The van der Waals surface area contributed by atoms with E-state index in [2.05, 4.69) is 27.1 Å². The molecule has 1 aliphatic rings. The lowest BCUT2D eigenvalue weighted by Gasteiger charge is -2.30. The molecule has 1 aliphatic heterocycles. The molecular formula is C13H19N5O. The van der Waals surface area contributed by atoms with E-state index in [4.69, 9.17) is 0 Å². The zero-order chi connectivity index (χ0) is 13.2. The molecular weight excluding hydrogens is 242 g/mol. The predicted octanol–water partition coefficient (Wildman–Crippen LogP) is 1.12. The lowest BCUT2D eigenvalue weighted by atomic mass is 10.1. The van der Waals surface area contributed by atoms with Crippen molar-refractivity contribution in [3.05, 3.63) is 18.6 Å². The van der Waals surface area contributed by atoms with Crippen LogP contribution in [0.15, 0.2) is 18.6 Å². The van der Waals surface area contributed by atoms with Gasteiger partial charge in [0.15, 0.2) is 11.5 Å². The Morgan fingerprint density at radius 1 is 1.42 bits per heavy atom. The summed E-state index contributed by atoms with van der Waals surface area (Å²) in [5.41, 5.74) is 0.873. The number of hydrogen-bond acceptors (Lipinski definition) is 5. The lowest BCUT2D eigenvalue weighted by Crippen LogP contribution is -2.36. The summed E-state index contributed by atoms with van der Waals surface area (Å²) in [5, 5.41) is 12.8. The number of nitrogens with zero attached hydrogens (tertiary/aromatic N) is 4. The van der Waals surface area contributed by atoms with E-state index in [-0.39, 0.29) is 6.10 Å². The summed E-state index contributed by atoms with van der Waals surface area (Å²) in [6.45, 7) is 4.54. The molecule has 1 fully saturated rings. The molecule has 2 N–H and O–H groups in total. The number of anilines is 2. The summed E-state index contributed by atoms with van der Waals surface area (Å²) in [4.78, 5) is 11.2. The van der Waals surface area contributed by atoms with Gasteiger partial charge in [-0.05, 0) is 19.8 Å². The zero-order valence-corrected chi connectivity index (χ0v) is 11.1. The van der Waals surface area contributed by atoms with Crippen LogP contribution >= 0.6 is 0 Å². The molecule has 2 aromatic heterocycles. The van der Waals surface area contributed by atoms with Gasteiger partial charge in [0.1, 0.15) is 5.82 Å². The Morgan fingerprint density at radius 3 is 2.95 bits per heavy atom. The molecule has 0 radical (unpaired) electrons. The van der Waals surface area contributed by atoms with Gasteiger partial charge in [-0.3, -0.25) is 0 Å². The second kappa shape index (κ2) is 5.05. The third kappa shape index (κ3) is 2.35. The van der Waals surface area contributed by atoms with Crippen LogP contribution in [0.4, 0.5) is 11.6 Å². The minimum absolute atomic E-state index is 0.177. The van der Waals surface area contributed by atoms with Crippen molar-refractivity contribution in [2.24, 2.45) is 0 Å². The highest BCUT2D eigenvalue weighted by atomic mass is 16.3. The first-order valence-electron chi connectivity index (χ1n) is 6.78. The van der Waals surface area contributed by atoms with Crippen LogP contribution in [-0.4, -0.2) is 45.2 Å². The molecule has 3 rings (SSSR count). The van der Waals surface area contributed by atoms with Crippen molar-refractivity contribution in [2.45, 2.75) is 25.9 Å². The molecule has 19 heavy (non-hydrogen) atoms. The number of rotatable bonds is 3. The summed E-state index contributed by atoms with van der Waals surface area (Å²) in [7, 11) is 0. The first kappa shape index (κ1) is 12.2. The monoisotopic (exact) mass is 261 g/mol. The van der Waals surface area contributed by atoms with Gasteiger partial charge in [-0.25, -0.2) is 9.97 Å². The van der Waals surface area contributed by atoms with E-state index in [1.165, 1.54) is 0 Å². The number of fused-ring (bicyclic) bond motifs is 1. The van der Waals surface area contributed by atoms with Crippen LogP contribution in [0.3, 0.4) is 0 Å². The van der Waals surface area contributed by atoms with E-state index in [0.717, 1.165) is 49.8 Å². The smallest absolute Gasteiger partial charge is 0.180 e. The maximum atomic E-state index is 9.61. The fourth-order valence-corrected chi connectivity index (χ4v) is 2.47. The number of aliphatic hydroxyl groups excluding tert-OH is 1. The second-order valence-corrected chi connectivity index (χ2v) is 4.86. The summed E-state index contributed by atoms with van der Waals surface area (Å²) >= 11 is 0. The number of hydrogen-bond donors (Lipinski definition) is 2. The fourth-order valence-electron chi connectivity index (χ4n) is 2.47. The molecule has 2 aromatic rings. The number of nitrogens with one attached hydrogen (secondary N) is 1. The van der Waals surface area contributed by atoms with E-state index in [1.54, 1.807) is 6.20 Å². The van der Waals surface area contributed by atoms with Gasteiger partial charge in [-0.2, -0.15) is 0 Å². The van der Waals surface area contributed by atoms with Gasteiger partial charge < -0.3 is 19.7 Å². The molecule has 0 saturated carbocycles. The minimum Gasteiger partial charge on any atom is -0.393 e. The van der Waals surface area contributed by atoms with Crippen molar-refractivity contribution in [1.82, 2.24) is 14.4 Å². The summed E-state index contributed by atoms with van der Waals surface area (Å²) in [6, 6.07) is 0. The summed E-state index contributed by atoms with van der Waals surface area (Å²) < 4.78 is 1.99. The Labute approximate surface area is 112 Å². The van der Waals surface area contributed by atoms with E-state index < -0.39 is 0 Å². The standard InChI is InChI=1S/C13H19N5O/c1-2-14-11-9-18-8-5-15-12(18)13(16-11)17-6-3-10(19)4-7-17/h5,8-10,14,19H,2-4,6-7H2,1H3. The Hall–Kier alpha value is -1.82. The molecule has 3 heterocycles. The summed E-state index contributed by atoms with van der Waals surface area (Å²) in [6.07, 6.45) is 7.08. The number of aromatic nitrogens is 3. The molecule has 0 spiro atoms. The van der Waals surface area contributed by atoms with Crippen LogP contribution in [0.5, 0.6) is 0 Å². The molecule has 6 heteroatoms. The van der Waals surface area contributed by atoms with Gasteiger partial charge in [-0.1, -0.05) is 0 Å². The number of piperidine rings is 1. The van der Waals surface area contributed by atoms with Gasteiger partial charge in [-0.15, -0.1) is 0 Å². The third-order valence-electron chi connectivity index (χ3n) is 3.48. The van der Waals surface area contributed by atoms with Crippen molar-refractivity contribution in [3.63, 3.8) is 0 Å². The first-order chi connectivity index (χ1) is 9.28. The minimum atomic E-state index is -0.177. The van der Waals surface area contributed by atoms with Gasteiger partial charge in [0.25, 0.3) is 0 Å². The lowest BCUT2D eigenvalue weighted by molar-refractivity contribution is 0.145. The molecule has 0 aromatic carbocycles. The normalized spacial score (nSPS) is 17.1. The highest BCUT2D eigenvalue weighted by Gasteiger charge is 2.21. The second-order valence-electron chi connectivity index (χ2n) is 4.86. The first-order valence-corrected chi connectivity index (χ1v) is 6.78. The topological polar surface area (TPSA) is 65.7 Å². The zero-order valence-electron chi connectivity index (χ0n) is 11.1. The van der Waals surface area contributed by atoms with Gasteiger partial charge in [0.2, 0.25) is 0 Å². The van der Waals surface area contributed by atoms with Crippen molar-refractivity contribution >= 4 is 17.3 Å². The molecule has 6 nitrogen and oxygen atoms in total. The average Bonchev–Trinajstić information content (AvgIpc) is 2.87. The van der Waals surface area contributed by atoms with Gasteiger partial charge >= 0.3 is 0 Å². The molecule has 0 unspecified atom stereocenters. The fraction of sp³-hybridized carbons (Fsp3) is 0.538. The SMILES string of the molecule is CCNc1cn2ccnc2c(N2CCC(O)CC2)n1. The Kier molecular flexibility index (Phi) is 3.25. The Bertz CT molecular complexity index is 559. The van der Waals surface area contributed by atoms with E-state index in [9.17, 15) is 5.11 Å². The van der Waals surface area contributed by atoms with Crippen LogP contribution in [0.2, 0.25) is 0 Å². The van der Waals surface area contributed by atoms with Crippen molar-refractivity contribution in [1.29, 1.82) is 0 Å². The molecule has 0 atom stereocenters. The van der Waals surface area contributed by atoms with E-state index in [1.807, 2.05) is 16.8 Å². The van der Waals surface area contributed by atoms with Crippen molar-refractivity contribution in [3.8, 4) is 0 Å². The molecule has 0 amide bonds. The maximum absolute atomic E-state index is 9.61.